The van der Waals surface area contributed by atoms with Crippen molar-refractivity contribution in [2.24, 2.45) is 5.92 Å². The van der Waals surface area contributed by atoms with Crippen LogP contribution in [0, 0.1) is 5.92 Å². The highest BCUT2D eigenvalue weighted by Gasteiger charge is 2.25. The molecule has 3 unspecified atom stereocenters. The van der Waals surface area contributed by atoms with Crippen LogP contribution in [-0.2, 0) is 0 Å². The van der Waals surface area contributed by atoms with E-state index in [2.05, 4.69) is 38.0 Å². The molecule has 1 N–H and O–H groups in total. The van der Waals surface area contributed by atoms with Gasteiger partial charge < -0.3 is 5.32 Å². The molecule has 1 rings (SSSR count). The van der Waals surface area contributed by atoms with Gasteiger partial charge in [-0.15, -0.1) is 0 Å². The van der Waals surface area contributed by atoms with Crippen LogP contribution in [0.2, 0.25) is 0 Å². The molecule has 2 heteroatoms. The summed E-state index contributed by atoms with van der Waals surface area (Å²) in [5.74, 6) is 2.25. The van der Waals surface area contributed by atoms with Gasteiger partial charge in [-0.25, -0.2) is 0 Å². The molecule has 1 nitrogen and oxygen atoms in total. The Morgan fingerprint density at radius 3 is 2.77 bits per heavy atom. The maximum absolute atomic E-state index is 3.49. The van der Waals surface area contributed by atoms with Gasteiger partial charge in [-0.05, 0) is 38.0 Å². The second kappa shape index (κ2) is 5.92. The molecule has 1 aliphatic heterocycles. The molecule has 1 aliphatic rings. The lowest BCUT2D eigenvalue weighted by atomic mass is 9.96. The maximum Gasteiger partial charge on any atom is 0.0201 e. The van der Waals surface area contributed by atoms with Gasteiger partial charge in [0, 0.05) is 11.3 Å². The fourth-order valence-corrected chi connectivity index (χ4v) is 3.42. The Morgan fingerprint density at radius 2 is 2.31 bits per heavy atom. The van der Waals surface area contributed by atoms with Gasteiger partial charge in [0.15, 0.2) is 0 Å². The van der Waals surface area contributed by atoms with Crippen LogP contribution >= 0.6 is 11.8 Å². The highest BCUT2D eigenvalue weighted by atomic mass is 32.2. The summed E-state index contributed by atoms with van der Waals surface area (Å²) in [6.45, 7) is 4.66. The lowest BCUT2D eigenvalue weighted by Gasteiger charge is -2.24. The summed E-state index contributed by atoms with van der Waals surface area (Å²) in [6.07, 6.45) is 5.51. The Kier molecular flexibility index (Phi) is 5.18. The third-order valence-corrected chi connectivity index (χ3v) is 4.65. The van der Waals surface area contributed by atoms with Crippen molar-refractivity contribution in [1.29, 1.82) is 0 Å². The lowest BCUT2D eigenvalue weighted by molar-refractivity contribution is 0.399. The molecular formula is C11H23NS. The van der Waals surface area contributed by atoms with Crippen LogP contribution in [0.5, 0.6) is 0 Å². The molecular weight excluding hydrogens is 178 g/mol. The molecule has 0 bridgehead atoms. The quantitative estimate of drug-likeness (QED) is 0.734. The Balaban J connectivity index is 2.32. The van der Waals surface area contributed by atoms with Gasteiger partial charge in [-0.3, -0.25) is 0 Å². The van der Waals surface area contributed by atoms with Gasteiger partial charge in [0.1, 0.15) is 0 Å². The highest BCUT2D eigenvalue weighted by Crippen LogP contribution is 2.31. The highest BCUT2D eigenvalue weighted by molar-refractivity contribution is 8.00. The van der Waals surface area contributed by atoms with Crippen molar-refractivity contribution in [2.45, 2.75) is 50.8 Å². The van der Waals surface area contributed by atoms with Crippen LogP contribution in [-0.4, -0.2) is 24.1 Å². The molecule has 0 radical (unpaired) electrons. The zero-order valence-corrected chi connectivity index (χ0v) is 9.99. The topological polar surface area (TPSA) is 12.0 Å². The van der Waals surface area contributed by atoms with E-state index in [-0.39, 0.29) is 0 Å². The molecule has 0 aromatic rings. The summed E-state index contributed by atoms with van der Waals surface area (Å²) in [4.78, 5) is 0. The summed E-state index contributed by atoms with van der Waals surface area (Å²) >= 11 is 2.17. The summed E-state index contributed by atoms with van der Waals surface area (Å²) in [7, 11) is 2.12. The first-order chi connectivity index (χ1) is 6.27. The molecule has 1 fully saturated rings. The molecule has 1 saturated heterocycles. The number of nitrogens with one attached hydrogen (secondary N) is 1. The van der Waals surface area contributed by atoms with E-state index < -0.39 is 0 Å². The third-order valence-electron chi connectivity index (χ3n) is 3.14. The van der Waals surface area contributed by atoms with Gasteiger partial charge in [0.2, 0.25) is 0 Å². The van der Waals surface area contributed by atoms with E-state index in [9.17, 15) is 0 Å². The van der Waals surface area contributed by atoms with E-state index in [4.69, 9.17) is 0 Å². The summed E-state index contributed by atoms with van der Waals surface area (Å²) in [5, 5.41) is 4.38. The first-order valence-electron chi connectivity index (χ1n) is 5.56. The van der Waals surface area contributed by atoms with Gasteiger partial charge in [-0.1, -0.05) is 20.3 Å². The SMILES string of the molecule is CCC(C)CC(NC)C1CCCS1. The molecule has 0 saturated carbocycles. The van der Waals surface area contributed by atoms with E-state index in [1.165, 1.54) is 31.4 Å². The van der Waals surface area contributed by atoms with Crippen molar-refractivity contribution in [3.05, 3.63) is 0 Å². The van der Waals surface area contributed by atoms with E-state index in [0.717, 1.165) is 17.2 Å². The van der Waals surface area contributed by atoms with Crippen LogP contribution < -0.4 is 5.32 Å². The van der Waals surface area contributed by atoms with E-state index in [0.29, 0.717) is 0 Å². The van der Waals surface area contributed by atoms with Crippen molar-refractivity contribution in [3.8, 4) is 0 Å². The van der Waals surface area contributed by atoms with E-state index in [1.54, 1.807) is 0 Å². The number of hydrogen-bond acceptors (Lipinski definition) is 2. The normalized spacial score (nSPS) is 27.5. The van der Waals surface area contributed by atoms with Crippen LogP contribution in [0.15, 0.2) is 0 Å². The monoisotopic (exact) mass is 201 g/mol. The number of rotatable bonds is 5. The predicted octanol–water partition coefficient (Wildman–Crippen LogP) is 2.91. The minimum Gasteiger partial charge on any atom is -0.316 e. The molecule has 0 aromatic carbocycles. The van der Waals surface area contributed by atoms with Crippen LogP contribution in [0.25, 0.3) is 0 Å². The first-order valence-corrected chi connectivity index (χ1v) is 6.61. The number of hydrogen-bond donors (Lipinski definition) is 1. The van der Waals surface area contributed by atoms with Crippen molar-refractivity contribution in [3.63, 3.8) is 0 Å². The van der Waals surface area contributed by atoms with Crippen LogP contribution in [0.1, 0.15) is 39.5 Å². The van der Waals surface area contributed by atoms with Gasteiger partial charge >= 0.3 is 0 Å². The summed E-state index contributed by atoms with van der Waals surface area (Å²) in [6, 6.07) is 0.752. The van der Waals surface area contributed by atoms with E-state index in [1.807, 2.05) is 0 Å². The Hall–Kier alpha value is 0.310. The molecule has 13 heavy (non-hydrogen) atoms. The second-order valence-electron chi connectivity index (χ2n) is 4.20. The average Bonchev–Trinajstić information content (AvgIpc) is 2.66. The Labute approximate surface area is 87.1 Å². The van der Waals surface area contributed by atoms with E-state index >= 15 is 0 Å². The summed E-state index contributed by atoms with van der Waals surface area (Å²) in [5.41, 5.74) is 0. The summed E-state index contributed by atoms with van der Waals surface area (Å²) < 4.78 is 0. The smallest absolute Gasteiger partial charge is 0.0201 e. The zero-order valence-electron chi connectivity index (χ0n) is 9.18. The fourth-order valence-electron chi connectivity index (χ4n) is 1.98. The van der Waals surface area contributed by atoms with Crippen molar-refractivity contribution in [1.82, 2.24) is 5.32 Å². The van der Waals surface area contributed by atoms with Gasteiger partial charge in [0.05, 0.1) is 0 Å². The van der Waals surface area contributed by atoms with Crippen molar-refractivity contribution < 1.29 is 0 Å². The van der Waals surface area contributed by atoms with Crippen LogP contribution in [0.3, 0.4) is 0 Å². The zero-order chi connectivity index (χ0) is 9.68. The minimum absolute atomic E-state index is 0.752. The fraction of sp³-hybridized carbons (Fsp3) is 1.00. The average molecular weight is 201 g/mol. The lowest BCUT2D eigenvalue weighted by Crippen LogP contribution is -2.35. The predicted molar refractivity (Wildman–Crippen MR) is 62.4 cm³/mol. The van der Waals surface area contributed by atoms with Gasteiger partial charge in [0.25, 0.3) is 0 Å². The van der Waals surface area contributed by atoms with Crippen molar-refractivity contribution in [2.75, 3.05) is 12.8 Å². The first kappa shape index (κ1) is 11.4. The molecule has 0 aromatic heterocycles. The molecule has 3 atom stereocenters. The molecule has 0 spiro atoms. The minimum atomic E-state index is 0.752. The standard InChI is InChI=1S/C11H23NS/c1-4-9(2)8-10(12-3)11-6-5-7-13-11/h9-12H,4-8H2,1-3H3. The maximum atomic E-state index is 3.49. The molecule has 0 amide bonds. The van der Waals surface area contributed by atoms with Crippen LogP contribution in [0.4, 0.5) is 0 Å². The van der Waals surface area contributed by atoms with Gasteiger partial charge in [-0.2, -0.15) is 11.8 Å². The molecule has 0 aliphatic carbocycles. The van der Waals surface area contributed by atoms with Crippen molar-refractivity contribution >= 4 is 11.8 Å². The Bertz CT molecular complexity index is 132. The largest absolute Gasteiger partial charge is 0.316 e. The third kappa shape index (κ3) is 3.51. The Morgan fingerprint density at radius 1 is 1.54 bits per heavy atom. The number of thioether (sulfide) groups is 1. The molecule has 78 valence electrons. The molecule has 1 heterocycles. The second-order valence-corrected chi connectivity index (χ2v) is 5.54.